The van der Waals surface area contributed by atoms with Gasteiger partial charge in [0.15, 0.2) is 0 Å². The van der Waals surface area contributed by atoms with Crippen molar-refractivity contribution in [3.05, 3.63) is 35.7 Å². The van der Waals surface area contributed by atoms with Crippen LogP contribution in [0.3, 0.4) is 0 Å². The summed E-state index contributed by atoms with van der Waals surface area (Å²) in [6.45, 7) is 5.57. The molecular weight excluding hydrogens is 343 g/mol. The van der Waals surface area contributed by atoms with Crippen LogP contribution in [0.15, 0.2) is 34.3 Å². The molecule has 4 nitrogen and oxygen atoms in total. The Morgan fingerprint density at radius 2 is 1.62 bits per heavy atom. The predicted octanol–water partition coefficient (Wildman–Crippen LogP) is 5.36. The second-order valence-electron chi connectivity index (χ2n) is 5.21. The smallest absolute Gasteiger partial charge is 0.0991 e. The van der Waals surface area contributed by atoms with Crippen molar-refractivity contribution in [2.75, 3.05) is 5.88 Å². The number of pyridine rings is 2. The third-order valence-electron chi connectivity index (χ3n) is 3.77. The molecule has 0 saturated carbocycles. The van der Waals surface area contributed by atoms with E-state index in [9.17, 15) is 0 Å². The van der Waals surface area contributed by atoms with Gasteiger partial charge in [0.2, 0.25) is 0 Å². The highest BCUT2D eigenvalue weighted by Crippen LogP contribution is 2.42. The predicted molar refractivity (Wildman–Crippen MR) is 104 cm³/mol. The lowest BCUT2D eigenvalue weighted by molar-refractivity contribution is 1.06. The van der Waals surface area contributed by atoms with Crippen molar-refractivity contribution in [2.45, 2.75) is 19.2 Å². The van der Waals surface area contributed by atoms with E-state index >= 15 is 0 Å². The van der Waals surface area contributed by atoms with Gasteiger partial charge in [-0.05, 0) is 37.9 Å². The maximum atomic E-state index is 5.95. The molecule has 0 saturated heterocycles. The minimum Gasteiger partial charge on any atom is -0.262 e. The van der Waals surface area contributed by atoms with Crippen LogP contribution in [0.4, 0.5) is 11.4 Å². The molecule has 0 unspecified atom stereocenters. The molecule has 2 heterocycles. The van der Waals surface area contributed by atoms with Crippen LogP contribution >= 0.6 is 23.2 Å². The number of halogens is 2. The third-order valence-corrected chi connectivity index (χ3v) is 4.23. The van der Waals surface area contributed by atoms with Gasteiger partial charge in [-0.3, -0.25) is 15.0 Å². The minimum atomic E-state index is 0.338. The summed E-state index contributed by atoms with van der Waals surface area (Å²) in [6.07, 6.45) is 2.44. The van der Waals surface area contributed by atoms with Crippen molar-refractivity contribution >= 4 is 69.3 Å². The van der Waals surface area contributed by atoms with Crippen LogP contribution in [0.25, 0.3) is 21.8 Å². The molecule has 0 aliphatic heterocycles. The zero-order valence-corrected chi connectivity index (χ0v) is 14.8. The van der Waals surface area contributed by atoms with Gasteiger partial charge >= 0.3 is 0 Å². The number of hydrogen-bond donors (Lipinski definition) is 0. The first-order chi connectivity index (χ1) is 11.7. The highest BCUT2D eigenvalue weighted by atomic mass is 35.5. The van der Waals surface area contributed by atoms with Gasteiger partial charge in [-0.1, -0.05) is 0 Å². The molecule has 0 bridgehead atoms. The first kappa shape index (κ1) is 16.8. The Balaban J connectivity index is 2.50. The summed E-state index contributed by atoms with van der Waals surface area (Å²) >= 11 is 11.8. The fourth-order valence-electron chi connectivity index (χ4n) is 2.73. The quantitative estimate of drug-likeness (QED) is 0.350. The summed E-state index contributed by atoms with van der Waals surface area (Å²) in [4.78, 5) is 18.1. The molecule has 0 atom stereocenters. The first-order valence-corrected chi connectivity index (χ1v) is 8.63. The Morgan fingerprint density at radius 1 is 1.00 bits per heavy atom. The SMILES string of the molecule is C=Nc1c(N=CC)c2ccc(CCCl)nc2c2nc(CCl)ccc12. The normalized spacial score (nSPS) is 11.6. The van der Waals surface area contributed by atoms with E-state index in [1.165, 1.54) is 0 Å². The summed E-state index contributed by atoms with van der Waals surface area (Å²) in [5.41, 5.74) is 4.71. The Hall–Kier alpha value is -2.04. The molecule has 3 aromatic rings. The molecule has 24 heavy (non-hydrogen) atoms. The topological polar surface area (TPSA) is 50.5 Å². The van der Waals surface area contributed by atoms with Gasteiger partial charge in [-0.2, -0.15) is 0 Å². The number of alkyl halides is 2. The Kier molecular flexibility index (Phi) is 5.07. The average molecular weight is 359 g/mol. The number of aromatic nitrogens is 2. The lowest BCUT2D eigenvalue weighted by Crippen LogP contribution is -1.95. The summed E-state index contributed by atoms with van der Waals surface area (Å²) in [6, 6.07) is 7.80. The number of aliphatic imine (C=N–C) groups is 2. The number of hydrogen-bond acceptors (Lipinski definition) is 4. The van der Waals surface area contributed by atoms with E-state index in [0.29, 0.717) is 23.9 Å². The number of aryl methyl sites for hydroxylation is 1. The standard InChI is InChI=1S/C18H16Cl2N4/c1-3-22-16-14-6-4-11(8-9-19)23-18(14)17-13(15(16)21-2)7-5-12(10-20)24-17/h3-7H,2,8-10H2,1H3. The third kappa shape index (κ3) is 2.87. The van der Waals surface area contributed by atoms with Crippen molar-refractivity contribution in [1.29, 1.82) is 0 Å². The lowest BCUT2D eigenvalue weighted by Gasteiger charge is -2.12. The van der Waals surface area contributed by atoms with Crippen LogP contribution in [0, 0.1) is 0 Å². The van der Waals surface area contributed by atoms with Gasteiger partial charge in [0.1, 0.15) is 0 Å². The first-order valence-electron chi connectivity index (χ1n) is 7.56. The van der Waals surface area contributed by atoms with E-state index in [0.717, 1.165) is 38.9 Å². The van der Waals surface area contributed by atoms with Crippen molar-refractivity contribution in [3.63, 3.8) is 0 Å². The zero-order chi connectivity index (χ0) is 17.1. The summed E-state index contributed by atoms with van der Waals surface area (Å²) in [5.74, 6) is 0.855. The fraction of sp³-hybridized carbons (Fsp3) is 0.222. The Bertz CT molecular complexity index is 951. The van der Waals surface area contributed by atoms with Crippen LogP contribution in [-0.4, -0.2) is 28.8 Å². The highest BCUT2D eigenvalue weighted by molar-refractivity contribution is 6.18. The van der Waals surface area contributed by atoms with Gasteiger partial charge in [-0.25, -0.2) is 4.98 Å². The number of nitrogens with zero attached hydrogens (tertiary/aromatic N) is 4. The Morgan fingerprint density at radius 3 is 2.21 bits per heavy atom. The molecule has 2 aromatic heterocycles. The Labute approximate surface area is 150 Å². The lowest BCUT2D eigenvalue weighted by atomic mass is 10.0. The summed E-state index contributed by atoms with van der Waals surface area (Å²) in [5, 5.41) is 1.75. The van der Waals surface area contributed by atoms with E-state index in [2.05, 4.69) is 21.7 Å². The van der Waals surface area contributed by atoms with Gasteiger partial charge in [0.05, 0.1) is 34.0 Å². The molecule has 122 valence electrons. The van der Waals surface area contributed by atoms with Gasteiger partial charge < -0.3 is 0 Å². The van der Waals surface area contributed by atoms with Crippen LogP contribution in [0.2, 0.25) is 0 Å². The monoisotopic (exact) mass is 358 g/mol. The maximum absolute atomic E-state index is 5.95. The second kappa shape index (κ2) is 7.24. The maximum Gasteiger partial charge on any atom is 0.0991 e. The van der Waals surface area contributed by atoms with Crippen molar-refractivity contribution < 1.29 is 0 Å². The molecular formula is C18H16Cl2N4. The van der Waals surface area contributed by atoms with Crippen molar-refractivity contribution in [3.8, 4) is 0 Å². The van der Waals surface area contributed by atoms with Crippen LogP contribution in [0.5, 0.6) is 0 Å². The van der Waals surface area contributed by atoms with E-state index in [1.807, 2.05) is 31.2 Å². The van der Waals surface area contributed by atoms with Crippen molar-refractivity contribution in [2.24, 2.45) is 9.98 Å². The number of fused-ring (bicyclic) bond motifs is 3. The summed E-state index contributed by atoms with van der Waals surface area (Å²) < 4.78 is 0. The molecule has 0 aliphatic rings. The number of rotatable bonds is 5. The molecule has 0 aliphatic carbocycles. The molecule has 0 N–H and O–H groups in total. The van der Waals surface area contributed by atoms with E-state index in [-0.39, 0.29) is 0 Å². The molecule has 0 fully saturated rings. The number of benzene rings is 1. The van der Waals surface area contributed by atoms with Crippen molar-refractivity contribution in [1.82, 2.24) is 9.97 Å². The van der Waals surface area contributed by atoms with Crippen LogP contribution in [0.1, 0.15) is 18.3 Å². The molecule has 0 amide bonds. The fourth-order valence-corrected chi connectivity index (χ4v) is 3.07. The largest absolute Gasteiger partial charge is 0.262 e. The minimum absolute atomic E-state index is 0.338. The molecule has 6 heteroatoms. The zero-order valence-electron chi connectivity index (χ0n) is 13.3. The van der Waals surface area contributed by atoms with Gasteiger partial charge in [0.25, 0.3) is 0 Å². The van der Waals surface area contributed by atoms with Gasteiger partial charge in [0, 0.05) is 35.0 Å². The van der Waals surface area contributed by atoms with Crippen LogP contribution < -0.4 is 0 Å². The molecule has 0 spiro atoms. The molecule has 0 radical (unpaired) electrons. The van der Waals surface area contributed by atoms with E-state index in [4.69, 9.17) is 28.2 Å². The molecule has 3 rings (SSSR count). The highest BCUT2D eigenvalue weighted by Gasteiger charge is 2.16. The summed E-state index contributed by atoms with van der Waals surface area (Å²) in [7, 11) is 0. The van der Waals surface area contributed by atoms with Gasteiger partial charge in [-0.15, -0.1) is 23.2 Å². The molecule has 1 aromatic carbocycles. The second-order valence-corrected chi connectivity index (χ2v) is 5.86. The van der Waals surface area contributed by atoms with E-state index in [1.54, 1.807) is 6.21 Å². The average Bonchev–Trinajstić information content (AvgIpc) is 2.62. The van der Waals surface area contributed by atoms with E-state index < -0.39 is 0 Å². The van der Waals surface area contributed by atoms with Crippen LogP contribution in [-0.2, 0) is 12.3 Å².